The molecule has 0 aliphatic carbocycles. The summed E-state index contributed by atoms with van der Waals surface area (Å²) in [5.74, 6) is -3.39. The van der Waals surface area contributed by atoms with Crippen LogP contribution in [0.25, 0.3) is 0 Å². The summed E-state index contributed by atoms with van der Waals surface area (Å²) in [6.07, 6.45) is 0.112. The molecule has 3 rings (SSSR count). The number of nitrogens with two attached hydrogens (primary N) is 1. The molecule has 0 aromatic carbocycles. The number of hydrogen-bond donors (Lipinski definition) is 2. The number of hydrogen-bond acceptors (Lipinski definition) is 10. The molecular weight excluding hydrogens is 447 g/mol. The summed E-state index contributed by atoms with van der Waals surface area (Å²) in [6, 6.07) is 1.96. The second kappa shape index (κ2) is 9.98. The normalized spacial score (nSPS) is 23.0. The predicted molar refractivity (Wildman–Crippen MR) is 94.6 cm³/mol. The Labute approximate surface area is 216 Å². The van der Waals surface area contributed by atoms with Crippen molar-refractivity contribution in [2.75, 3.05) is 7.11 Å². The quantitative estimate of drug-likeness (QED) is 0.182. The van der Waals surface area contributed by atoms with Crippen LogP contribution >= 0.6 is 11.8 Å². The molecule has 1 aromatic rings. The zero-order chi connectivity index (χ0) is 21.3. The van der Waals surface area contributed by atoms with Crippen LogP contribution < -0.4 is 67.5 Å². The third-order valence-electron chi connectivity index (χ3n) is 4.07. The molecule has 3 N–H and O–H groups in total. The van der Waals surface area contributed by atoms with Crippen LogP contribution in [0.4, 0.5) is 4.79 Å². The van der Waals surface area contributed by atoms with Crippen molar-refractivity contribution >= 4 is 41.4 Å². The Morgan fingerprint density at radius 3 is 2.63 bits per heavy atom. The molecule has 3 atom stereocenters. The number of fused-ring (bicyclic) bond motifs is 1. The van der Waals surface area contributed by atoms with Crippen molar-refractivity contribution in [2.45, 2.75) is 23.6 Å². The Bertz CT molecular complexity index is 932. The molecule has 0 radical (unpaired) electrons. The van der Waals surface area contributed by atoms with E-state index in [0.717, 1.165) is 16.7 Å². The van der Waals surface area contributed by atoms with Crippen molar-refractivity contribution < 1.29 is 89.7 Å². The average molecular weight is 462 g/mol. The summed E-state index contributed by atoms with van der Waals surface area (Å²) >= 11 is 1.10. The molecule has 3 amide bonds. The number of thioether (sulfide) groups is 1. The molecule has 2 aliphatic rings. The van der Waals surface area contributed by atoms with Gasteiger partial charge in [-0.3, -0.25) is 14.5 Å². The molecule has 12 nitrogen and oxygen atoms in total. The molecule has 1 saturated heterocycles. The van der Waals surface area contributed by atoms with Gasteiger partial charge in [-0.2, -0.15) is 0 Å². The SMILES string of the molecule is CO/N=C(\C(=O)N[C@@H]1C(=O)N2C(C(=O)[O-])=C(OC(N)=O)C(C)S[C@H]12)c1ccco1.[K+]. The number of amides is 3. The van der Waals surface area contributed by atoms with E-state index in [1.54, 1.807) is 13.0 Å². The maximum Gasteiger partial charge on any atom is 1.00 e. The minimum atomic E-state index is -1.71. The van der Waals surface area contributed by atoms with Gasteiger partial charge in [0.05, 0.1) is 17.5 Å². The summed E-state index contributed by atoms with van der Waals surface area (Å²) in [4.78, 5) is 53.3. The van der Waals surface area contributed by atoms with E-state index in [2.05, 4.69) is 15.3 Å². The fourth-order valence-corrected chi connectivity index (χ4v) is 4.28. The first-order valence-corrected chi connectivity index (χ1v) is 9.07. The van der Waals surface area contributed by atoms with E-state index in [9.17, 15) is 24.3 Å². The first kappa shape index (κ1) is 24.4. The van der Waals surface area contributed by atoms with Gasteiger partial charge in [-0.05, 0) is 19.1 Å². The monoisotopic (exact) mass is 462 g/mol. The third kappa shape index (κ3) is 4.57. The van der Waals surface area contributed by atoms with Gasteiger partial charge in [-0.1, -0.05) is 5.16 Å². The molecule has 30 heavy (non-hydrogen) atoms. The minimum Gasteiger partial charge on any atom is -0.543 e. The van der Waals surface area contributed by atoms with Gasteiger partial charge >= 0.3 is 57.5 Å². The van der Waals surface area contributed by atoms with Gasteiger partial charge in [-0.25, -0.2) is 4.79 Å². The summed E-state index contributed by atoms with van der Waals surface area (Å²) < 4.78 is 9.89. The topological polar surface area (TPSA) is 177 Å². The molecule has 1 unspecified atom stereocenters. The van der Waals surface area contributed by atoms with Crippen LogP contribution in [-0.4, -0.2) is 58.3 Å². The first-order chi connectivity index (χ1) is 13.8. The number of aliphatic carboxylic acids is 1. The minimum absolute atomic E-state index is 0. The van der Waals surface area contributed by atoms with Crippen LogP contribution in [0.1, 0.15) is 12.7 Å². The van der Waals surface area contributed by atoms with Crippen LogP contribution in [-0.2, 0) is 24.0 Å². The summed E-state index contributed by atoms with van der Waals surface area (Å²) in [5, 5.41) is 16.2. The van der Waals surface area contributed by atoms with Gasteiger partial charge in [0, 0.05) is 0 Å². The van der Waals surface area contributed by atoms with Gasteiger partial charge < -0.3 is 34.9 Å². The second-order valence-corrected chi connectivity index (χ2v) is 7.31. The van der Waals surface area contributed by atoms with Crippen molar-refractivity contribution in [2.24, 2.45) is 10.9 Å². The predicted octanol–water partition coefficient (Wildman–Crippen LogP) is -4.52. The van der Waals surface area contributed by atoms with Gasteiger partial charge in [-0.15, -0.1) is 11.8 Å². The summed E-state index contributed by atoms with van der Waals surface area (Å²) in [7, 11) is 1.24. The van der Waals surface area contributed by atoms with Crippen molar-refractivity contribution in [3.63, 3.8) is 0 Å². The Morgan fingerprint density at radius 2 is 2.10 bits per heavy atom. The van der Waals surface area contributed by atoms with Crippen LogP contribution in [0.15, 0.2) is 39.4 Å². The number of carboxylic acid groups (broad SMARTS) is 1. The fraction of sp³-hybridized carbons (Fsp3) is 0.312. The number of nitrogens with one attached hydrogen (secondary N) is 1. The molecule has 2 aliphatic heterocycles. The van der Waals surface area contributed by atoms with E-state index < -0.39 is 46.2 Å². The van der Waals surface area contributed by atoms with Crippen molar-refractivity contribution in [1.82, 2.24) is 10.2 Å². The standard InChI is InChI=1S/C16H16N4O8S.K/c1-6-11(28-16(17)25)10(15(23)24)20-13(22)9(14(20)29-6)18-12(21)8(19-26-2)7-4-3-5-27-7;/h3-6,9,14H,1-2H3,(H2,17,25)(H,18,21)(H,23,24);/q;+1/p-1/b19-8-;/t6?,9-,14-;/m1./s1. The number of ether oxygens (including phenoxy) is 1. The molecule has 154 valence electrons. The number of oxime groups is 1. The van der Waals surface area contributed by atoms with E-state index in [4.69, 9.17) is 14.9 Å². The van der Waals surface area contributed by atoms with Crippen molar-refractivity contribution in [1.29, 1.82) is 0 Å². The molecule has 0 saturated carbocycles. The largest absolute Gasteiger partial charge is 1.00 e. The molecule has 14 heteroatoms. The van der Waals surface area contributed by atoms with Gasteiger partial charge in [0.25, 0.3) is 11.8 Å². The molecule has 3 heterocycles. The molecule has 0 bridgehead atoms. The zero-order valence-corrected chi connectivity index (χ0v) is 20.0. The number of primary amides is 1. The molecular formula is C16H15KN4O8S. The van der Waals surface area contributed by atoms with E-state index >= 15 is 0 Å². The van der Waals surface area contributed by atoms with E-state index in [-0.39, 0.29) is 68.6 Å². The number of nitrogens with zero attached hydrogens (tertiary/aromatic N) is 2. The first-order valence-electron chi connectivity index (χ1n) is 8.13. The maximum absolute atomic E-state index is 12.6. The number of carbonyl (C=O) groups excluding carboxylic acids is 4. The van der Waals surface area contributed by atoms with E-state index in [1.807, 2.05) is 0 Å². The molecule has 0 spiro atoms. The Kier molecular flexibility index (Phi) is 8.12. The maximum atomic E-state index is 12.6. The number of carboxylic acids is 1. The molecule has 1 fully saturated rings. The van der Waals surface area contributed by atoms with Crippen LogP contribution in [0.3, 0.4) is 0 Å². The Balaban J connectivity index is 0.00000320. The summed E-state index contributed by atoms with van der Waals surface area (Å²) in [5.41, 5.74) is 4.16. The zero-order valence-electron chi connectivity index (χ0n) is 16.1. The van der Waals surface area contributed by atoms with E-state index in [0.29, 0.717) is 0 Å². The van der Waals surface area contributed by atoms with Gasteiger partial charge in [0.1, 0.15) is 30.0 Å². The Hall–Kier alpha value is -1.84. The van der Waals surface area contributed by atoms with Gasteiger partial charge in [0.2, 0.25) is 5.71 Å². The van der Waals surface area contributed by atoms with Crippen LogP contribution in [0, 0.1) is 0 Å². The fourth-order valence-electron chi connectivity index (χ4n) is 2.91. The number of carbonyl (C=O) groups is 4. The Morgan fingerprint density at radius 1 is 1.40 bits per heavy atom. The van der Waals surface area contributed by atoms with Gasteiger partial charge in [0.15, 0.2) is 5.76 Å². The van der Waals surface area contributed by atoms with Crippen molar-refractivity contribution in [3.8, 4) is 0 Å². The smallest absolute Gasteiger partial charge is 0.543 e. The number of β-lactam (4-membered cyclic amide) rings is 1. The average Bonchev–Trinajstić information content (AvgIpc) is 3.18. The molecule has 1 aromatic heterocycles. The third-order valence-corrected chi connectivity index (χ3v) is 5.46. The number of rotatable bonds is 6. The summed E-state index contributed by atoms with van der Waals surface area (Å²) in [6.45, 7) is 1.56. The number of furan rings is 1. The van der Waals surface area contributed by atoms with E-state index in [1.165, 1.54) is 19.4 Å². The van der Waals surface area contributed by atoms with Crippen LogP contribution in [0.2, 0.25) is 0 Å². The second-order valence-electron chi connectivity index (χ2n) is 5.85. The van der Waals surface area contributed by atoms with Crippen molar-refractivity contribution in [3.05, 3.63) is 35.6 Å². The van der Waals surface area contributed by atoms with Crippen LogP contribution in [0.5, 0.6) is 0 Å².